The first-order chi connectivity index (χ1) is 13.5. The predicted molar refractivity (Wildman–Crippen MR) is 125 cm³/mol. The van der Waals surface area contributed by atoms with E-state index < -0.39 is 0 Å². The van der Waals surface area contributed by atoms with Crippen molar-refractivity contribution in [1.82, 2.24) is 9.97 Å². The van der Waals surface area contributed by atoms with Gasteiger partial charge < -0.3 is 18.9 Å². The van der Waals surface area contributed by atoms with Crippen molar-refractivity contribution < 1.29 is 18.9 Å². The molecule has 3 aromatic rings. The number of nitrogens with zero attached hydrogens (tertiary/aromatic N) is 2. The van der Waals surface area contributed by atoms with Gasteiger partial charge in [-0.15, -0.1) is 0 Å². The van der Waals surface area contributed by atoms with Gasteiger partial charge in [0.25, 0.3) is 0 Å². The van der Waals surface area contributed by atoms with Crippen LogP contribution in [0.2, 0.25) is 0 Å². The number of halogens is 2. The molecule has 0 aliphatic rings. The lowest BCUT2D eigenvalue weighted by Crippen LogP contribution is -1.98. The van der Waals surface area contributed by atoms with Gasteiger partial charge in [0.05, 0.1) is 34.1 Å². The van der Waals surface area contributed by atoms with Crippen molar-refractivity contribution in [2.45, 2.75) is 0 Å². The molecule has 0 unspecified atom stereocenters. The second-order valence-electron chi connectivity index (χ2n) is 5.66. The first kappa shape index (κ1) is 20.9. The Morgan fingerprint density at radius 2 is 1.11 bits per heavy atom. The third-order valence-electron chi connectivity index (χ3n) is 4.20. The van der Waals surface area contributed by atoms with Crippen LogP contribution in [0.1, 0.15) is 0 Å². The van der Waals surface area contributed by atoms with Crippen molar-refractivity contribution in [3.63, 3.8) is 0 Å². The van der Waals surface area contributed by atoms with Crippen molar-refractivity contribution in [3.05, 3.63) is 43.9 Å². The minimum Gasteiger partial charge on any atom is -0.493 e. The third-order valence-corrected chi connectivity index (χ3v) is 5.99. The van der Waals surface area contributed by atoms with E-state index in [1.807, 2.05) is 24.3 Å². The second-order valence-corrected chi connectivity index (χ2v) is 7.98. The molecule has 0 atom stereocenters. The molecule has 8 heteroatoms. The number of ether oxygens (including phenoxy) is 4. The van der Waals surface area contributed by atoms with Crippen LogP contribution in [-0.4, -0.2) is 38.4 Å². The lowest BCUT2D eigenvalue weighted by atomic mass is 10.00. The molecule has 0 aliphatic carbocycles. The van der Waals surface area contributed by atoms with Crippen molar-refractivity contribution in [3.8, 4) is 45.4 Å². The van der Waals surface area contributed by atoms with E-state index in [9.17, 15) is 0 Å². The molecule has 0 saturated heterocycles. The van der Waals surface area contributed by atoms with E-state index in [4.69, 9.17) is 18.9 Å². The van der Waals surface area contributed by atoms with Crippen molar-refractivity contribution >= 4 is 45.2 Å². The second kappa shape index (κ2) is 9.12. The Morgan fingerprint density at radius 1 is 0.643 bits per heavy atom. The average Bonchev–Trinajstić information content (AvgIpc) is 2.73. The number of hydrogen-bond acceptors (Lipinski definition) is 6. The summed E-state index contributed by atoms with van der Waals surface area (Å²) < 4.78 is 23.8. The van der Waals surface area contributed by atoms with Crippen LogP contribution in [0.4, 0.5) is 0 Å². The Balaban J connectivity index is 2.24. The van der Waals surface area contributed by atoms with Crippen LogP contribution in [0, 0.1) is 7.14 Å². The van der Waals surface area contributed by atoms with Gasteiger partial charge in [-0.05, 0) is 69.4 Å². The van der Waals surface area contributed by atoms with Crippen molar-refractivity contribution in [2.24, 2.45) is 0 Å². The van der Waals surface area contributed by atoms with Gasteiger partial charge >= 0.3 is 0 Å². The lowest BCUT2D eigenvalue weighted by molar-refractivity contribution is 0.355. The highest BCUT2D eigenvalue weighted by molar-refractivity contribution is 14.1. The minimum atomic E-state index is 0.643. The normalized spacial score (nSPS) is 10.5. The zero-order valence-corrected chi connectivity index (χ0v) is 20.1. The number of aromatic nitrogens is 2. The quantitative estimate of drug-likeness (QED) is 0.367. The molecule has 0 fully saturated rings. The van der Waals surface area contributed by atoms with Crippen LogP contribution < -0.4 is 18.9 Å². The fourth-order valence-electron chi connectivity index (χ4n) is 2.84. The number of rotatable bonds is 6. The fraction of sp³-hybridized carbons (Fsp3) is 0.200. The summed E-state index contributed by atoms with van der Waals surface area (Å²) in [7, 11) is 6.48. The molecule has 0 bridgehead atoms. The standard InChI is InChI=1S/C20H18I2N2O4/c1-25-16-5-11(14(21)7-18(16)27-3)13-9-23-10-24-20(13)12-6-17(26-2)19(28-4)8-15(12)22/h5-10H,1-4H3. The van der Waals surface area contributed by atoms with E-state index in [2.05, 4.69) is 55.1 Å². The maximum atomic E-state index is 5.48. The summed E-state index contributed by atoms with van der Waals surface area (Å²) in [4.78, 5) is 8.82. The monoisotopic (exact) mass is 604 g/mol. The smallest absolute Gasteiger partial charge is 0.161 e. The van der Waals surface area contributed by atoms with Crippen LogP contribution in [0.25, 0.3) is 22.4 Å². The maximum Gasteiger partial charge on any atom is 0.161 e. The molecule has 0 saturated carbocycles. The number of benzene rings is 2. The molecule has 2 aromatic carbocycles. The summed E-state index contributed by atoms with van der Waals surface area (Å²) in [6.07, 6.45) is 3.35. The number of hydrogen-bond donors (Lipinski definition) is 0. The zero-order chi connectivity index (χ0) is 20.3. The van der Waals surface area contributed by atoms with Crippen LogP contribution in [-0.2, 0) is 0 Å². The highest BCUT2D eigenvalue weighted by atomic mass is 127. The number of methoxy groups -OCH3 is 4. The summed E-state index contributed by atoms with van der Waals surface area (Å²) >= 11 is 4.55. The Morgan fingerprint density at radius 3 is 1.64 bits per heavy atom. The summed E-state index contributed by atoms with van der Waals surface area (Å²) in [6, 6.07) is 7.74. The van der Waals surface area contributed by atoms with E-state index >= 15 is 0 Å². The summed E-state index contributed by atoms with van der Waals surface area (Å²) in [5.74, 6) is 2.64. The molecular weight excluding hydrogens is 586 g/mol. The van der Waals surface area contributed by atoms with E-state index in [0.717, 1.165) is 29.5 Å². The van der Waals surface area contributed by atoms with Gasteiger partial charge in [-0.1, -0.05) is 0 Å². The van der Waals surface area contributed by atoms with Gasteiger partial charge in [0, 0.05) is 30.0 Å². The van der Waals surface area contributed by atoms with Gasteiger partial charge in [0.15, 0.2) is 23.0 Å². The summed E-state index contributed by atoms with van der Waals surface area (Å²) in [5, 5.41) is 0. The van der Waals surface area contributed by atoms with Gasteiger partial charge in [-0.25, -0.2) is 9.97 Å². The fourth-order valence-corrected chi connectivity index (χ4v) is 4.26. The Hall–Kier alpha value is -1.82. The third kappa shape index (κ3) is 3.97. The van der Waals surface area contributed by atoms with Crippen LogP contribution >= 0.6 is 45.2 Å². The van der Waals surface area contributed by atoms with E-state index in [1.165, 1.54) is 0 Å². The largest absolute Gasteiger partial charge is 0.493 e. The van der Waals surface area contributed by atoms with Crippen molar-refractivity contribution in [1.29, 1.82) is 0 Å². The maximum absolute atomic E-state index is 5.48. The molecular formula is C20H18I2N2O4. The average molecular weight is 604 g/mol. The molecule has 0 spiro atoms. The highest BCUT2D eigenvalue weighted by Gasteiger charge is 2.19. The molecule has 0 radical (unpaired) electrons. The zero-order valence-electron chi connectivity index (χ0n) is 15.7. The topological polar surface area (TPSA) is 62.7 Å². The Bertz CT molecular complexity index is 931. The highest BCUT2D eigenvalue weighted by Crippen LogP contribution is 2.42. The molecule has 6 nitrogen and oxygen atoms in total. The SMILES string of the molecule is COc1cc(I)c(-c2cncnc2-c2cc(OC)c(OC)cc2I)cc1OC. The van der Waals surface area contributed by atoms with Crippen LogP contribution in [0.5, 0.6) is 23.0 Å². The molecule has 1 aromatic heterocycles. The molecule has 28 heavy (non-hydrogen) atoms. The van der Waals surface area contributed by atoms with Crippen LogP contribution in [0.15, 0.2) is 36.8 Å². The minimum absolute atomic E-state index is 0.643. The van der Waals surface area contributed by atoms with Gasteiger partial charge in [-0.2, -0.15) is 0 Å². The van der Waals surface area contributed by atoms with Gasteiger partial charge in [0.1, 0.15) is 6.33 Å². The van der Waals surface area contributed by atoms with E-state index in [1.54, 1.807) is 41.0 Å². The molecule has 0 aliphatic heterocycles. The van der Waals surface area contributed by atoms with E-state index in [0.29, 0.717) is 23.0 Å². The van der Waals surface area contributed by atoms with Crippen molar-refractivity contribution in [2.75, 3.05) is 28.4 Å². The molecule has 3 rings (SSSR count). The van der Waals surface area contributed by atoms with Crippen LogP contribution in [0.3, 0.4) is 0 Å². The first-order valence-electron chi connectivity index (χ1n) is 8.17. The van der Waals surface area contributed by atoms with E-state index in [-0.39, 0.29) is 0 Å². The van der Waals surface area contributed by atoms with Gasteiger partial charge in [0.2, 0.25) is 0 Å². The molecule has 1 heterocycles. The molecule has 146 valence electrons. The first-order valence-corrected chi connectivity index (χ1v) is 10.3. The molecule has 0 N–H and O–H groups in total. The molecule has 0 amide bonds. The Labute approximate surface area is 190 Å². The summed E-state index contributed by atoms with van der Waals surface area (Å²) in [6.45, 7) is 0. The Kier molecular flexibility index (Phi) is 6.81. The van der Waals surface area contributed by atoms with Gasteiger partial charge in [-0.3, -0.25) is 0 Å². The lowest BCUT2D eigenvalue weighted by Gasteiger charge is -2.16. The summed E-state index contributed by atoms with van der Waals surface area (Å²) in [5.41, 5.74) is 3.57. The predicted octanol–water partition coefficient (Wildman–Crippen LogP) is 5.05.